The van der Waals surface area contributed by atoms with Crippen molar-refractivity contribution in [3.05, 3.63) is 23.8 Å². The summed E-state index contributed by atoms with van der Waals surface area (Å²) in [5, 5.41) is 2.98. The molecule has 3 atom stereocenters. The minimum atomic E-state index is -0.0765. The number of urea groups is 1. The zero-order chi connectivity index (χ0) is 15.1. The second-order valence-electron chi connectivity index (χ2n) is 5.95. The molecule has 2 heterocycles. The van der Waals surface area contributed by atoms with Crippen molar-refractivity contribution in [3.63, 3.8) is 0 Å². The molecule has 0 spiro atoms. The number of likely N-dealkylation sites (tertiary alicyclic amines) is 1. The first kappa shape index (κ1) is 13.8. The summed E-state index contributed by atoms with van der Waals surface area (Å²) in [6.07, 6.45) is 3.12. The van der Waals surface area contributed by atoms with Crippen LogP contribution in [0, 0.1) is 18.8 Å². The molecule has 21 heavy (non-hydrogen) atoms. The van der Waals surface area contributed by atoms with E-state index < -0.39 is 0 Å². The minimum absolute atomic E-state index is 0.0725. The van der Waals surface area contributed by atoms with Gasteiger partial charge in [-0.25, -0.2) is 9.78 Å². The van der Waals surface area contributed by atoms with Crippen molar-refractivity contribution >= 4 is 11.9 Å². The summed E-state index contributed by atoms with van der Waals surface area (Å²) in [4.78, 5) is 35.4. The van der Waals surface area contributed by atoms with Crippen LogP contribution in [0.4, 0.5) is 4.79 Å². The topological polar surface area (TPSA) is 78.4 Å². The van der Waals surface area contributed by atoms with Crippen LogP contribution in [0.25, 0.3) is 0 Å². The molecule has 1 aromatic heterocycles. The van der Waals surface area contributed by atoms with Crippen LogP contribution in [0.5, 0.6) is 0 Å². The van der Waals surface area contributed by atoms with Crippen molar-refractivity contribution in [2.75, 3.05) is 27.2 Å². The van der Waals surface area contributed by atoms with E-state index in [0.29, 0.717) is 30.6 Å². The van der Waals surface area contributed by atoms with Crippen molar-refractivity contribution in [1.29, 1.82) is 0 Å². The Morgan fingerprint density at radius 2 is 1.90 bits per heavy atom. The molecule has 7 heteroatoms. The number of aromatic nitrogens is 2. The summed E-state index contributed by atoms with van der Waals surface area (Å²) in [6, 6.07) is 0.129. The fourth-order valence-electron chi connectivity index (χ4n) is 2.84. The van der Waals surface area contributed by atoms with E-state index in [9.17, 15) is 9.59 Å². The summed E-state index contributed by atoms with van der Waals surface area (Å²) in [6.45, 7) is 3.19. The van der Waals surface area contributed by atoms with E-state index in [0.717, 1.165) is 5.69 Å². The molecule has 3 amide bonds. The standard InChI is InChI=1S/C14H19N5O2/c1-8-4-16-11(5-15-8)13(20)19-6-9-10(7-19)12(9)17-14(21)18(2)3/h4-5,9-10,12H,6-7H2,1-3H3,(H,17,21)/t9-,10+,12?. The second-order valence-corrected chi connectivity index (χ2v) is 5.95. The summed E-state index contributed by atoms with van der Waals surface area (Å²) >= 11 is 0. The van der Waals surface area contributed by atoms with Crippen LogP contribution in [0.15, 0.2) is 12.4 Å². The van der Waals surface area contributed by atoms with Crippen molar-refractivity contribution in [1.82, 2.24) is 25.1 Å². The number of hydrogen-bond donors (Lipinski definition) is 1. The molecule has 3 rings (SSSR count). The number of rotatable bonds is 2. The predicted molar refractivity (Wildman–Crippen MR) is 75.7 cm³/mol. The van der Waals surface area contributed by atoms with Crippen LogP contribution < -0.4 is 5.32 Å². The molecule has 0 radical (unpaired) electrons. The van der Waals surface area contributed by atoms with E-state index in [1.807, 2.05) is 6.92 Å². The number of aryl methyl sites for hydroxylation is 1. The van der Waals surface area contributed by atoms with Gasteiger partial charge in [0.05, 0.1) is 11.9 Å². The van der Waals surface area contributed by atoms with E-state index >= 15 is 0 Å². The average molecular weight is 289 g/mol. The molecule has 0 aromatic carbocycles. The lowest BCUT2D eigenvalue weighted by Gasteiger charge is -2.20. The Kier molecular flexibility index (Phi) is 3.27. The number of carbonyl (C=O) groups is 2. The number of nitrogens with one attached hydrogen (secondary N) is 1. The summed E-state index contributed by atoms with van der Waals surface area (Å²) in [5.74, 6) is 0.667. The van der Waals surface area contributed by atoms with Crippen LogP contribution in [0.3, 0.4) is 0 Å². The van der Waals surface area contributed by atoms with Gasteiger partial charge >= 0.3 is 6.03 Å². The molecular formula is C14H19N5O2. The van der Waals surface area contributed by atoms with E-state index in [-0.39, 0.29) is 18.0 Å². The van der Waals surface area contributed by atoms with Gasteiger partial charge in [-0.3, -0.25) is 9.78 Å². The highest BCUT2D eigenvalue weighted by Crippen LogP contribution is 2.45. The van der Waals surface area contributed by atoms with Crippen molar-refractivity contribution in [2.45, 2.75) is 13.0 Å². The fraction of sp³-hybridized carbons (Fsp3) is 0.571. The zero-order valence-electron chi connectivity index (χ0n) is 12.4. The summed E-state index contributed by atoms with van der Waals surface area (Å²) in [7, 11) is 3.44. The molecule has 1 saturated carbocycles. The molecule has 1 aliphatic heterocycles. The highest BCUT2D eigenvalue weighted by molar-refractivity contribution is 5.92. The smallest absolute Gasteiger partial charge is 0.317 e. The first-order valence-corrected chi connectivity index (χ1v) is 7.03. The molecule has 112 valence electrons. The van der Waals surface area contributed by atoms with Gasteiger partial charge in [0.1, 0.15) is 5.69 Å². The van der Waals surface area contributed by atoms with Gasteiger partial charge in [-0.05, 0) is 6.92 Å². The number of nitrogens with zero attached hydrogens (tertiary/aromatic N) is 4. The Labute approximate surface area is 123 Å². The largest absolute Gasteiger partial charge is 0.337 e. The molecule has 7 nitrogen and oxygen atoms in total. The molecule has 1 aromatic rings. The first-order valence-electron chi connectivity index (χ1n) is 7.03. The van der Waals surface area contributed by atoms with Gasteiger partial charge in [0.15, 0.2) is 0 Å². The number of piperidine rings is 1. The molecule has 0 bridgehead atoms. The predicted octanol–water partition coefficient (Wildman–Crippen LogP) is 0.127. The maximum Gasteiger partial charge on any atom is 0.317 e. The van der Waals surface area contributed by atoms with Gasteiger partial charge < -0.3 is 15.1 Å². The maximum atomic E-state index is 12.3. The lowest BCUT2D eigenvalue weighted by Crippen LogP contribution is -2.41. The van der Waals surface area contributed by atoms with Gasteiger partial charge in [-0.2, -0.15) is 0 Å². The highest BCUT2D eigenvalue weighted by atomic mass is 16.2. The summed E-state index contributed by atoms with van der Waals surface area (Å²) in [5.41, 5.74) is 1.18. The Balaban J connectivity index is 1.55. The first-order chi connectivity index (χ1) is 9.97. The van der Waals surface area contributed by atoms with Gasteiger partial charge in [0.2, 0.25) is 0 Å². The van der Waals surface area contributed by atoms with Crippen molar-refractivity contribution < 1.29 is 9.59 Å². The third-order valence-electron chi connectivity index (χ3n) is 4.18. The fourth-order valence-corrected chi connectivity index (χ4v) is 2.84. The van der Waals surface area contributed by atoms with E-state index in [1.54, 1.807) is 25.2 Å². The highest BCUT2D eigenvalue weighted by Gasteiger charge is 2.57. The average Bonchev–Trinajstić information content (AvgIpc) is 2.90. The second kappa shape index (κ2) is 4.98. The van der Waals surface area contributed by atoms with Gasteiger partial charge in [-0.15, -0.1) is 0 Å². The third-order valence-corrected chi connectivity index (χ3v) is 4.18. The lowest BCUT2D eigenvalue weighted by atomic mass is 10.3. The Morgan fingerprint density at radius 1 is 1.24 bits per heavy atom. The van der Waals surface area contributed by atoms with Crippen molar-refractivity contribution in [3.8, 4) is 0 Å². The monoisotopic (exact) mass is 289 g/mol. The minimum Gasteiger partial charge on any atom is -0.337 e. The third kappa shape index (κ3) is 2.55. The molecule has 1 unspecified atom stereocenters. The van der Waals surface area contributed by atoms with Crippen LogP contribution in [0.1, 0.15) is 16.2 Å². The van der Waals surface area contributed by atoms with Gasteiger partial charge in [0.25, 0.3) is 5.91 Å². The van der Waals surface area contributed by atoms with Crippen LogP contribution in [0.2, 0.25) is 0 Å². The number of amides is 3. The molecule has 1 aliphatic carbocycles. The van der Waals surface area contributed by atoms with E-state index in [4.69, 9.17) is 0 Å². The quantitative estimate of drug-likeness (QED) is 0.839. The molecule has 2 fully saturated rings. The van der Waals surface area contributed by atoms with Gasteiger partial charge in [0, 0.05) is 51.3 Å². The van der Waals surface area contributed by atoms with Gasteiger partial charge in [-0.1, -0.05) is 0 Å². The molecular weight excluding hydrogens is 270 g/mol. The molecule has 1 saturated heterocycles. The molecule has 1 N–H and O–H groups in total. The number of carbonyl (C=O) groups excluding carboxylic acids is 2. The Bertz CT molecular complexity index is 559. The Morgan fingerprint density at radius 3 is 2.43 bits per heavy atom. The van der Waals surface area contributed by atoms with Crippen LogP contribution in [-0.2, 0) is 0 Å². The normalized spacial score (nSPS) is 26.2. The van der Waals surface area contributed by atoms with Crippen molar-refractivity contribution in [2.24, 2.45) is 11.8 Å². The maximum absolute atomic E-state index is 12.3. The number of hydrogen-bond acceptors (Lipinski definition) is 4. The SMILES string of the molecule is Cc1cnc(C(=O)N2C[C@@H]3C(NC(=O)N(C)C)[C@@H]3C2)cn1. The zero-order valence-corrected chi connectivity index (χ0v) is 12.4. The summed E-state index contributed by atoms with van der Waals surface area (Å²) < 4.78 is 0. The Hall–Kier alpha value is -2.18. The van der Waals surface area contributed by atoms with Crippen LogP contribution >= 0.6 is 0 Å². The van der Waals surface area contributed by atoms with E-state index in [2.05, 4.69) is 15.3 Å². The van der Waals surface area contributed by atoms with Crippen LogP contribution in [-0.4, -0.2) is 64.9 Å². The van der Waals surface area contributed by atoms with E-state index in [1.165, 1.54) is 11.1 Å². The molecule has 2 aliphatic rings. The lowest BCUT2D eigenvalue weighted by molar-refractivity contribution is 0.0765. The number of fused-ring (bicyclic) bond motifs is 1.